The number of nitrogens with one attached hydrogen (secondary N) is 1. The van der Waals surface area contributed by atoms with Gasteiger partial charge in [-0.2, -0.15) is 4.98 Å². The molecule has 0 unspecified atom stereocenters. The number of carbonyl (C=O) groups is 1. The SMILES string of the molecule is CC(C)(C)OC(=O)NCCCCOCCOc1nc2nc(C(O)O)ccc2c2cnccc12. The number of fused-ring (bicyclic) bond motifs is 3. The number of hydrogen-bond donors (Lipinski definition) is 3. The van der Waals surface area contributed by atoms with E-state index in [1.54, 1.807) is 24.5 Å². The molecule has 1 amide bonds. The van der Waals surface area contributed by atoms with Gasteiger partial charge in [0.15, 0.2) is 11.9 Å². The molecule has 0 radical (unpaired) electrons. The summed E-state index contributed by atoms with van der Waals surface area (Å²) in [5, 5.41) is 23.8. The number of carbonyl (C=O) groups excluding carboxylic acids is 1. The maximum absolute atomic E-state index is 11.6. The van der Waals surface area contributed by atoms with Crippen molar-refractivity contribution in [1.82, 2.24) is 20.3 Å². The van der Waals surface area contributed by atoms with Gasteiger partial charge in [0.2, 0.25) is 5.88 Å². The van der Waals surface area contributed by atoms with Crippen molar-refractivity contribution < 1.29 is 29.2 Å². The number of aliphatic hydroxyl groups excluding tert-OH is 1. The third kappa shape index (κ3) is 7.21. The van der Waals surface area contributed by atoms with Gasteiger partial charge in [-0.25, -0.2) is 9.78 Å². The van der Waals surface area contributed by atoms with Gasteiger partial charge < -0.3 is 29.7 Å². The zero-order valence-corrected chi connectivity index (χ0v) is 19.1. The lowest BCUT2D eigenvalue weighted by molar-refractivity contribution is -0.0456. The summed E-state index contributed by atoms with van der Waals surface area (Å²) >= 11 is 0. The fourth-order valence-electron chi connectivity index (χ4n) is 3.10. The zero-order chi connectivity index (χ0) is 23.8. The lowest BCUT2D eigenvalue weighted by Gasteiger charge is -2.19. The minimum atomic E-state index is -1.68. The Bertz CT molecular complexity index is 1080. The molecule has 0 aliphatic rings. The van der Waals surface area contributed by atoms with Crippen LogP contribution in [0.4, 0.5) is 4.79 Å². The number of rotatable bonds is 10. The summed E-state index contributed by atoms with van der Waals surface area (Å²) in [4.78, 5) is 24.4. The fraction of sp³-hybridized carbons (Fsp3) is 0.478. The Morgan fingerprint density at radius 3 is 2.61 bits per heavy atom. The van der Waals surface area contributed by atoms with Crippen LogP contribution in [0, 0.1) is 0 Å². The Kier molecular flexibility index (Phi) is 8.32. The van der Waals surface area contributed by atoms with Crippen molar-refractivity contribution in [2.24, 2.45) is 0 Å². The Labute approximate surface area is 191 Å². The quantitative estimate of drug-likeness (QED) is 0.238. The molecule has 10 heteroatoms. The average Bonchev–Trinajstić information content (AvgIpc) is 2.76. The third-order valence-electron chi connectivity index (χ3n) is 4.56. The van der Waals surface area contributed by atoms with Gasteiger partial charge in [-0.1, -0.05) is 0 Å². The first kappa shape index (κ1) is 24.6. The third-order valence-corrected chi connectivity index (χ3v) is 4.56. The summed E-state index contributed by atoms with van der Waals surface area (Å²) in [5.41, 5.74) is -0.0592. The fourth-order valence-corrected chi connectivity index (χ4v) is 3.10. The van der Waals surface area contributed by atoms with Gasteiger partial charge in [0.1, 0.15) is 12.2 Å². The smallest absolute Gasteiger partial charge is 0.407 e. The summed E-state index contributed by atoms with van der Waals surface area (Å²) in [7, 11) is 0. The van der Waals surface area contributed by atoms with E-state index in [-0.39, 0.29) is 12.3 Å². The minimum Gasteiger partial charge on any atom is -0.475 e. The second-order valence-corrected chi connectivity index (χ2v) is 8.42. The number of ether oxygens (including phenoxy) is 3. The standard InChI is InChI=1S/C23H30N4O6/c1-23(2,3)33-22(30)25-9-4-5-11-31-12-13-32-20-16-8-10-24-14-17(16)15-6-7-18(21(28)29)26-19(15)27-20/h6-8,10,14,21,28-29H,4-5,9,11-13H2,1-3H3,(H,25,30). The van der Waals surface area contributed by atoms with Crippen LogP contribution in [-0.2, 0) is 9.47 Å². The van der Waals surface area contributed by atoms with E-state index in [0.717, 1.165) is 29.0 Å². The average molecular weight is 459 g/mol. The number of hydrogen-bond acceptors (Lipinski definition) is 9. The van der Waals surface area contributed by atoms with Crippen LogP contribution in [0.3, 0.4) is 0 Å². The molecule has 0 aromatic carbocycles. The van der Waals surface area contributed by atoms with Gasteiger partial charge in [0.25, 0.3) is 0 Å². The van der Waals surface area contributed by atoms with Crippen LogP contribution in [0.5, 0.6) is 5.88 Å². The van der Waals surface area contributed by atoms with Crippen molar-refractivity contribution >= 4 is 27.9 Å². The maximum Gasteiger partial charge on any atom is 0.407 e. The maximum atomic E-state index is 11.6. The number of aromatic nitrogens is 3. The molecular formula is C23H30N4O6. The predicted molar refractivity (Wildman–Crippen MR) is 122 cm³/mol. The molecule has 178 valence electrons. The summed E-state index contributed by atoms with van der Waals surface area (Å²) in [5.74, 6) is 0.377. The van der Waals surface area contributed by atoms with Crippen molar-refractivity contribution in [1.29, 1.82) is 0 Å². The van der Waals surface area contributed by atoms with Crippen LogP contribution < -0.4 is 10.1 Å². The molecular weight excluding hydrogens is 428 g/mol. The van der Waals surface area contributed by atoms with E-state index < -0.39 is 18.0 Å². The van der Waals surface area contributed by atoms with Crippen molar-refractivity contribution in [3.8, 4) is 5.88 Å². The van der Waals surface area contributed by atoms with Crippen LogP contribution in [-0.4, -0.2) is 63.2 Å². The van der Waals surface area contributed by atoms with Gasteiger partial charge in [0.05, 0.1) is 12.3 Å². The zero-order valence-electron chi connectivity index (χ0n) is 19.1. The second kappa shape index (κ2) is 11.2. The van der Waals surface area contributed by atoms with Crippen molar-refractivity contribution in [2.45, 2.75) is 45.5 Å². The molecule has 10 nitrogen and oxygen atoms in total. The highest BCUT2D eigenvalue weighted by Gasteiger charge is 2.15. The molecule has 3 N–H and O–H groups in total. The van der Waals surface area contributed by atoms with Gasteiger partial charge in [-0.15, -0.1) is 0 Å². The first-order valence-electron chi connectivity index (χ1n) is 10.8. The van der Waals surface area contributed by atoms with Gasteiger partial charge >= 0.3 is 6.09 Å². The molecule has 0 aliphatic carbocycles. The van der Waals surface area contributed by atoms with Gasteiger partial charge in [-0.3, -0.25) is 4.98 Å². The summed E-state index contributed by atoms with van der Waals surface area (Å²) in [6.45, 7) is 7.18. The topological polar surface area (TPSA) is 136 Å². The number of nitrogens with zero attached hydrogens (tertiary/aromatic N) is 3. The molecule has 33 heavy (non-hydrogen) atoms. The monoisotopic (exact) mass is 458 g/mol. The van der Waals surface area contributed by atoms with Crippen LogP contribution in [0.2, 0.25) is 0 Å². The number of aliphatic hydroxyl groups is 2. The van der Waals surface area contributed by atoms with E-state index in [9.17, 15) is 15.0 Å². The van der Waals surface area contributed by atoms with Gasteiger partial charge in [-0.05, 0) is 51.8 Å². The molecule has 3 aromatic heterocycles. The van der Waals surface area contributed by atoms with E-state index in [0.29, 0.717) is 31.3 Å². The van der Waals surface area contributed by atoms with Crippen LogP contribution in [0.15, 0.2) is 30.6 Å². The summed E-state index contributed by atoms with van der Waals surface area (Å²) < 4.78 is 16.6. The second-order valence-electron chi connectivity index (χ2n) is 8.42. The van der Waals surface area contributed by atoms with Crippen molar-refractivity contribution in [3.05, 3.63) is 36.3 Å². The first-order valence-corrected chi connectivity index (χ1v) is 10.8. The Hall–Kier alpha value is -3.08. The highest BCUT2D eigenvalue weighted by Crippen LogP contribution is 2.29. The molecule has 0 bridgehead atoms. The van der Waals surface area contributed by atoms with Crippen molar-refractivity contribution in [2.75, 3.05) is 26.4 Å². The van der Waals surface area contributed by atoms with Crippen LogP contribution >= 0.6 is 0 Å². The molecule has 3 rings (SSSR count). The normalized spacial score (nSPS) is 11.8. The van der Waals surface area contributed by atoms with E-state index in [2.05, 4.69) is 20.3 Å². The minimum absolute atomic E-state index is 0.105. The summed E-state index contributed by atoms with van der Waals surface area (Å²) in [6.07, 6.45) is 2.81. The van der Waals surface area contributed by atoms with E-state index in [4.69, 9.17) is 14.2 Å². The van der Waals surface area contributed by atoms with E-state index in [1.165, 1.54) is 0 Å². The lowest BCUT2D eigenvalue weighted by atomic mass is 10.1. The number of pyridine rings is 3. The Morgan fingerprint density at radius 1 is 1.03 bits per heavy atom. The number of alkyl carbamates (subject to hydrolysis) is 1. The number of unbranched alkanes of at least 4 members (excludes halogenated alkanes) is 1. The molecule has 0 fully saturated rings. The Balaban J connectivity index is 1.47. The number of amides is 1. The lowest BCUT2D eigenvalue weighted by Crippen LogP contribution is -2.33. The summed E-state index contributed by atoms with van der Waals surface area (Å²) in [6, 6.07) is 5.08. The van der Waals surface area contributed by atoms with Crippen LogP contribution in [0.25, 0.3) is 21.8 Å². The highest BCUT2D eigenvalue weighted by atomic mass is 16.6. The van der Waals surface area contributed by atoms with Crippen LogP contribution in [0.1, 0.15) is 45.6 Å². The predicted octanol–water partition coefficient (Wildman–Crippen LogP) is 2.86. The highest BCUT2D eigenvalue weighted by molar-refractivity contribution is 6.06. The molecule has 3 heterocycles. The largest absolute Gasteiger partial charge is 0.475 e. The first-order chi connectivity index (χ1) is 15.7. The van der Waals surface area contributed by atoms with E-state index in [1.807, 2.05) is 26.8 Å². The molecule has 0 spiro atoms. The van der Waals surface area contributed by atoms with Crippen molar-refractivity contribution in [3.63, 3.8) is 0 Å². The molecule has 0 saturated carbocycles. The molecule has 0 atom stereocenters. The Morgan fingerprint density at radius 2 is 1.85 bits per heavy atom. The molecule has 0 aliphatic heterocycles. The molecule has 0 saturated heterocycles. The van der Waals surface area contributed by atoms with E-state index >= 15 is 0 Å². The molecule has 3 aromatic rings. The van der Waals surface area contributed by atoms with Gasteiger partial charge in [0, 0.05) is 41.7 Å².